The van der Waals surface area contributed by atoms with Gasteiger partial charge in [-0.15, -0.1) is 0 Å². The molecule has 1 aliphatic rings. The van der Waals surface area contributed by atoms with Crippen molar-refractivity contribution in [3.8, 4) is 0 Å². The van der Waals surface area contributed by atoms with Gasteiger partial charge in [-0.25, -0.2) is 9.59 Å². The van der Waals surface area contributed by atoms with Crippen molar-refractivity contribution >= 4 is 24.9 Å². The van der Waals surface area contributed by atoms with Crippen LogP contribution in [0.4, 0.5) is 0 Å². The molecule has 1 aromatic heterocycles. The number of nitrogens with zero attached hydrogens (tertiary/aromatic N) is 2. The van der Waals surface area contributed by atoms with E-state index in [1.807, 2.05) is 18.5 Å². The first-order chi connectivity index (χ1) is 15.1. The fraction of sp³-hybridized carbons (Fsp3) is 0.500. The van der Waals surface area contributed by atoms with E-state index in [2.05, 4.69) is 32.5 Å². The van der Waals surface area contributed by atoms with Crippen LogP contribution >= 0.6 is 0 Å². The van der Waals surface area contributed by atoms with Crippen LogP contribution in [0.5, 0.6) is 0 Å². The van der Waals surface area contributed by atoms with Crippen LogP contribution < -0.4 is 0 Å². The molecular weight excluding hydrogens is 436 g/mol. The average Bonchev–Trinajstić information content (AvgIpc) is 3.20. The molecule has 2 rings (SSSR count). The fourth-order valence-corrected chi connectivity index (χ4v) is 2.41. The lowest BCUT2D eigenvalue weighted by Crippen LogP contribution is -2.35. The third-order valence-corrected chi connectivity index (χ3v) is 4.03. The molecule has 1 aromatic rings. The first-order valence-corrected chi connectivity index (χ1v) is 9.03. The van der Waals surface area contributed by atoms with Crippen molar-refractivity contribution in [1.29, 1.82) is 0 Å². The second kappa shape index (κ2) is 15.6. The van der Waals surface area contributed by atoms with E-state index < -0.39 is 36.7 Å². The zero-order chi connectivity index (χ0) is 24.7. The lowest BCUT2D eigenvalue weighted by molar-refractivity contribution is -0.187. The number of ether oxygens (including phenoxy) is 2. The van der Waals surface area contributed by atoms with Gasteiger partial charge >= 0.3 is 11.9 Å². The second-order valence-electron chi connectivity index (χ2n) is 6.24. The van der Waals surface area contributed by atoms with Crippen LogP contribution in [0.3, 0.4) is 0 Å². The number of carbonyl (C=O) groups is 4. The molecule has 0 bridgehead atoms. The number of hydrogen-bond donors (Lipinski definition) is 6. The van der Waals surface area contributed by atoms with E-state index in [0.717, 1.165) is 0 Å². The molecule has 0 aliphatic carbocycles. The third-order valence-electron chi connectivity index (χ3n) is 4.03. The van der Waals surface area contributed by atoms with E-state index in [-0.39, 0.29) is 12.9 Å². The maximum atomic E-state index is 9.81. The minimum absolute atomic E-state index is 0.156. The zero-order valence-electron chi connectivity index (χ0n) is 17.0. The normalized spacial score (nSPS) is 18.8. The number of aliphatic hydroxyl groups excluding tert-OH is 4. The van der Waals surface area contributed by atoms with Crippen molar-refractivity contribution in [2.24, 2.45) is 0 Å². The molecular formula is C18H26N2O12. The highest BCUT2D eigenvalue weighted by atomic mass is 16.6. The molecule has 0 spiro atoms. The van der Waals surface area contributed by atoms with Gasteiger partial charge in [0.25, 0.3) is 12.9 Å². The number of pyridine rings is 1. The summed E-state index contributed by atoms with van der Waals surface area (Å²) in [6, 6.07) is 4.79. The van der Waals surface area contributed by atoms with Crippen molar-refractivity contribution in [2.75, 3.05) is 13.6 Å². The van der Waals surface area contributed by atoms with Gasteiger partial charge in [0.05, 0.1) is 0 Å². The van der Waals surface area contributed by atoms with Gasteiger partial charge in [-0.05, 0) is 38.1 Å². The van der Waals surface area contributed by atoms with Crippen LogP contribution in [-0.2, 0) is 28.7 Å². The monoisotopic (exact) mass is 462 g/mol. The van der Waals surface area contributed by atoms with Crippen molar-refractivity contribution in [3.05, 3.63) is 30.1 Å². The number of likely N-dealkylation sites (tertiary alicyclic amines) is 1. The first kappa shape index (κ1) is 28.8. The van der Waals surface area contributed by atoms with E-state index in [4.69, 9.17) is 30.6 Å². The molecule has 0 amide bonds. The predicted molar refractivity (Wildman–Crippen MR) is 102 cm³/mol. The Kier molecular flexibility index (Phi) is 14.1. The van der Waals surface area contributed by atoms with Crippen LogP contribution in [0.1, 0.15) is 24.4 Å². The summed E-state index contributed by atoms with van der Waals surface area (Å²) in [5.41, 5.74) is 1.36. The Balaban J connectivity index is 0.000000455. The summed E-state index contributed by atoms with van der Waals surface area (Å²) in [6.07, 6.45) is -1.79. The summed E-state index contributed by atoms with van der Waals surface area (Å²) in [5, 5.41) is 49.5. The van der Waals surface area contributed by atoms with Gasteiger partial charge in [0, 0.05) is 18.4 Å². The number of carboxylic acids is 2. The van der Waals surface area contributed by atoms with Gasteiger partial charge in [0.15, 0.2) is 0 Å². The van der Waals surface area contributed by atoms with E-state index in [9.17, 15) is 19.2 Å². The Bertz CT molecular complexity index is 672. The van der Waals surface area contributed by atoms with Crippen molar-refractivity contribution in [2.45, 2.75) is 43.7 Å². The van der Waals surface area contributed by atoms with Crippen LogP contribution in [-0.4, -0.2) is 104 Å². The molecule has 6 N–H and O–H groups in total. The standard InChI is InChI=1S/C10H14N2.2C4H6O6/c1-12-7-3-5-10(12)9-4-2-6-11-8-9;2*5-1-10-4(9)2(6)3(7)8/h2,4,6,8,10H,3,5,7H2,1H3;2*1-2,4,6,9H,(H,7,8)/t10-;2*2-,4-/m000/s1. The Morgan fingerprint density at radius 1 is 1.06 bits per heavy atom. The topological polar surface area (TPSA) is 224 Å². The molecule has 2 heterocycles. The highest BCUT2D eigenvalue weighted by molar-refractivity contribution is 5.72. The number of carbonyl (C=O) groups excluding carboxylic acids is 2. The van der Waals surface area contributed by atoms with Crippen molar-refractivity contribution in [1.82, 2.24) is 9.88 Å². The maximum Gasteiger partial charge on any atom is 0.339 e. The molecule has 0 saturated carbocycles. The maximum absolute atomic E-state index is 9.81. The van der Waals surface area contributed by atoms with Crippen molar-refractivity contribution in [3.63, 3.8) is 0 Å². The zero-order valence-corrected chi connectivity index (χ0v) is 17.0. The highest BCUT2D eigenvalue weighted by Crippen LogP contribution is 2.29. The van der Waals surface area contributed by atoms with E-state index in [1.54, 1.807) is 0 Å². The quantitative estimate of drug-likeness (QED) is 0.168. The summed E-state index contributed by atoms with van der Waals surface area (Å²) in [7, 11) is 2.19. The van der Waals surface area contributed by atoms with E-state index in [1.165, 1.54) is 24.9 Å². The molecule has 32 heavy (non-hydrogen) atoms. The lowest BCUT2D eigenvalue weighted by Gasteiger charge is -2.18. The predicted octanol–water partition coefficient (Wildman–Crippen LogP) is -2.31. The summed E-state index contributed by atoms with van der Waals surface area (Å²) < 4.78 is 7.42. The molecule has 0 unspecified atom stereocenters. The number of aromatic nitrogens is 1. The fourth-order valence-electron chi connectivity index (χ4n) is 2.41. The molecule has 14 heteroatoms. The molecule has 1 aliphatic heterocycles. The van der Waals surface area contributed by atoms with Crippen LogP contribution in [0.15, 0.2) is 24.5 Å². The average molecular weight is 462 g/mol. The minimum atomic E-state index is -2.09. The number of aliphatic carboxylic acids is 2. The molecule has 14 nitrogen and oxygen atoms in total. The van der Waals surface area contributed by atoms with Crippen LogP contribution in [0.25, 0.3) is 0 Å². The Labute approximate surface area is 182 Å². The van der Waals surface area contributed by atoms with Gasteiger partial charge in [0.1, 0.15) is 0 Å². The molecule has 0 radical (unpaired) electrons. The SMILES string of the molecule is CN1CCC[C@H]1c1cccnc1.O=CO[C@H](O)[C@@H](O)C(=O)O.O=CO[C@H](O)[C@@H](O)C(=O)O. The largest absolute Gasteiger partial charge is 0.479 e. The second-order valence-corrected chi connectivity index (χ2v) is 6.24. The third kappa shape index (κ3) is 10.7. The van der Waals surface area contributed by atoms with E-state index >= 15 is 0 Å². The lowest BCUT2D eigenvalue weighted by atomic mass is 10.1. The highest BCUT2D eigenvalue weighted by Gasteiger charge is 2.25. The number of rotatable bonds is 9. The van der Waals surface area contributed by atoms with Crippen LogP contribution in [0, 0.1) is 0 Å². The number of carboxylic acid groups (broad SMARTS) is 2. The van der Waals surface area contributed by atoms with Gasteiger partial charge in [-0.1, -0.05) is 6.07 Å². The smallest absolute Gasteiger partial charge is 0.339 e. The molecule has 5 atom stereocenters. The van der Waals surface area contributed by atoms with E-state index in [0.29, 0.717) is 6.04 Å². The van der Waals surface area contributed by atoms with Gasteiger partial charge < -0.3 is 40.1 Å². The summed E-state index contributed by atoms with van der Waals surface area (Å²) in [4.78, 5) is 45.1. The Hall–Kier alpha value is -3.17. The van der Waals surface area contributed by atoms with Crippen LogP contribution in [0.2, 0.25) is 0 Å². The molecule has 180 valence electrons. The molecule has 1 saturated heterocycles. The van der Waals surface area contributed by atoms with Gasteiger partial charge in [-0.3, -0.25) is 19.5 Å². The molecule has 1 fully saturated rings. The van der Waals surface area contributed by atoms with Gasteiger partial charge in [-0.2, -0.15) is 0 Å². The summed E-state index contributed by atoms with van der Waals surface area (Å²) >= 11 is 0. The van der Waals surface area contributed by atoms with Crippen molar-refractivity contribution < 1.29 is 59.3 Å². The Morgan fingerprint density at radius 2 is 1.56 bits per heavy atom. The molecule has 0 aromatic carbocycles. The summed E-state index contributed by atoms with van der Waals surface area (Å²) in [6.45, 7) is 0.910. The first-order valence-electron chi connectivity index (χ1n) is 9.03. The number of aliphatic hydroxyl groups is 4. The number of hydrogen-bond acceptors (Lipinski definition) is 12. The summed E-state index contributed by atoms with van der Waals surface area (Å²) in [5.74, 6) is -3.32. The minimum Gasteiger partial charge on any atom is -0.479 e. The van der Waals surface area contributed by atoms with Gasteiger partial charge in [0.2, 0.25) is 24.8 Å². The Morgan fingerprint density at radius 3 is 1.88 bits per heavy atom.